The third-order valence-electron chi connectivity index (χ3n) is 6.47. The van der Waals surface area contributed by atoms with Crippen molar-refractivity contribution in [1.29, 1.82) is 5.26 Å². The van der Waals surface area contributed by atoms with Crippen molar-refractivity contribution in [1.82, 2.24) is 16.0 Å². The molecule has 3 rings (SSSR count). The van der Waals surface area contributed by atoms with Crippen LogP contribution in [-0.2, 0) is 25.5 Å². The molecule has 198 valence electrons. The number of allylic oxidation sites excluding steroid dienone is 1. The monoisotopic (exact) mass is 512 g/mol. The topological polar surface area (TPSA) is 170 Å². The molecular formula is C26H32N4O7. The summed E-state index contributed by atoms with van der Waals surface area (Å²) in [6, 6.07) is 5.30. The molecule has 11 nitrogen and oxygen atoms in total. The summed E-state index contributed by atoms with van der Waals surface area (Å²) in [6.45, 7) is 1.96. The van der Waals surface area contributed by atoms with E-state index in [-0.39, 0.29) is 18.8 Å². The minimum Gasteiger partial charge on any atom is -0.497 e. The van der Waals surface area contributed by atoms with E-state index in [1.807, 2.05) is 5.32 Å². The number of hydrogen-bond acceptors (Lipinski definition) is 7. The molecule has 4 atom stereocenters. The van der Waals surface area contributed by atoms with Crippen molar-refractivity contribution in [2.45, 2.75) is 69.2 Å². The number of benzene rings is 1. The zero-order valence-electron chi connectivity index (χ0n) is 20.9. The molecule has 1 aromatic carbocycles. The molecule has 3 amide bonds. The number of nitrogens with one attached hydrogen (secondary N) is 3. The normalized spacial score (nSPS) is 20.4. The molecule has 1 fully saturated rings. The van der Waals surface area contributed by atoms with Crippen LogP contribution in [0.4, 0.5) is 4.79 Å². The smallest absolute Gasteiger partial charge is 0.405 e. The first kappa shape index (κ1) is 27.7. The summed E-state index contributed by atoms with van der Waals surface area (Å²) in [5, 5.41) is 25.4. The van der Waals surface area contributed by atoms with E-state index in [4.69, 9.17) is 19.8 Å². The molecule has 1 heterocycles. The Morgan fingerprint density at radius 3 is 2.27 bits per heavy atom. The van der Waals surface area contributed by atoms with Gasteiger partial charge in [-0.05, 0) is 50.3 Å². The number of rotatable bonds is 13. The number of nitriles is 1. The summed E-state index contributed by atoms with van der Waals surface area (Å²) in [4.78, 5) is 50.6. The number of carboxylic acid groups (broad SMARTS) is 1. The van der Waals surface area contributed by atoms with E-state index < -0.39 is 48.1 Å². The Balaban J connectivity index is 1.81. The van der Waals surface area contributed by atoms with Crippen LogP contribution in [0.25, 0.3) is 0 Å². The second-order valence-corrected chi connectivity index (χ2v) is 9.38. The van der Waals surface area contributed by atoms with E-state index in [1.165, 1.54) is 7.11 Å². The molecule has 0 saturated carbocycles. The van der Waals surface area contributed by atoms with Crippen LogP contribution in [0, 0.1) is 11.3 Å². The number of carbonyl (C=O) groups excluding carboxylic acids is 3. The summed E-state index contributed by atoms with van der Waals surface area (Å²) in [5.74, 6) is -1.05. The van der Waals surface area contributed by atoms with Crippen LogP contribution < -0.4 is 20.7 Å². The number of nitrogens with zero attached hydrogens (tertiary/aromatic N) is 1. The van der Waals surface area contributed by atoms with Gasteiger partial charge in [0.25, 0.3) is 0 Å². The van der Waals surface area contributed by atoms with Crippen LogP contribution in [0.3, 0.4) is 0 Å². The highest BCUT2D eigenvalue weighted by Gasteiger charge is 2.50. The molecule has 0 aromatic heterocycles. The molecule has 2 aliphatic rings. The van der Waals surface area contributed by atoms with Gasteiger partial charge in [0, 0.05) is 6.42 Å². The van der Waals surface area contributed by atoms with E-state index in [0.717, 1.165) is 24.8 Å². The third-order valence-corrected chi connectivity index (χ3v) is 6.47. The first-order valence-electron chi connectivity index (χ1n) is 12.1. The van der Waals surface area contributed by atoms with Crippen LogP contribution in [0.5, 0.6) is 5.75 Å². The maximum Gasteiger partial charge on any atom is 0.405 e. The largest absolute Gasteiger partial charge is 0.497 e. The van der Waals surface area contributed by atoms with Gasteiger partial charge in [-0.25, -0.2) is 4.79 Å². The summed E-state index contributed by atoms with van der Waals surface area (Å²) in [7, 11) is 1.53. The molecule has 4 N–H and O–H groups in total. The van der Waals surface area contributed by atoms with Crippen molar-refractivity contribution >= 4 is 23.7 Å². The van der Waals surface area contributed by atoms with Crippen molar-refractivity contribution in [2.24, 2.45) is 0 Å². The fourth-order valence-electron chi connectivity index (χ4n) is 4.21. The minimum absolute atomic E-state index is 0.0608. The lowest BCUT2D eigenvalue weighted by Gasteiger charge is -2.25. The molecule has 1 aliphatic carbocycles. The zero-order valence-corrected chi connectivity index (χ0v) is 20.9. The van der Waals surface area contributed by atoms with Gasteiger partial charge in [-0.2, -0.15) is 5.26 Å². The molecule has 11 heteroatoms. The van der Waals surface area contributed by atoms with E-state index in [0.29, 0.717) is 17.7 Å². The van der Waals surface area contributed by atoms with Gasteiger partial charge in [0.05, 0.1) is 32.2 Å². The minimum atomic E-state index is -1.47. The first-order valence-corrected chi connectivity index (χ1v) is 12.1. The highest BCUT2D eigenvalue weighted by atomic mass is 16.6. The average molecular weight is 513 g/mol. The van der Waals surface area contributed by atoms with Crippen LogP contribution in [0.15, 0.2) is 35.9 Å². The number of ether oxygens (including phenoxy) is 2. The summed E-state index contributed by atoms with van der Waals surface area (Å²) < 4.78 is 10.5. The van der Waals surface area contributed by atoms with Gasteiger partial charge in [0.1, 0.15) is 23.4 Å². The van der Waals surface area contributed by atoms with E-state index >= 15 is 0 Å². The number of epoxide rings is 1. The van der Waals surface area contributed by atoms with Gasteiger partial charge in [0.15, 0.2) is 5.78 Å². The Morgan fingerprint density at radius 2 is 1.73 bits per heavy atom. The Morgan fingerprint density at radius 1 is 1.08 bits per heavy atom. The SMILES string of the molecule is COc1ccc(C[C@H](NC(=O)[C@H](CC#N)NC(=O)O)C(=O)N[C@@H](CC2=CCCC2)C(=O)[C@]2(C)CO2)cc1. The van der Waals surface area contributed by atoms with Gasteiger partial charge in [-0.3, -0.25) is 14.4 Å². The lowest BCUT2D eigenvalue weighted by atomic mass is 9.94. The highest BCUT2D eigenvalue weighted by molar-refractivity contribution is 5.98. The van der Waals surface area contributed by atoms with Gasteiger partial charge in [-0.15, -0.1) is 0 Å². The Labute approximate surface area is 215 Å². The van der Waals surface area contributed by atoms with Crippen molar-refractivity contribution in [3.05, 3.63) is 41.5 Å². The lowest BCUT2D eigenvalue weighted by molar-refractivity contribution is -0.133. The number of Topliss-reactive ketones (excluding diaryl/α,β-unsaturated/α-hetero) is 1. The Bertz CT molecular complexity index is 1090. The second-order valence-electron chi connectivity index (χ2n) is 9.38. The van der Waals surface area contributed by atoms with E-state index in [9.17, 15) is 19.2 Å². The lowest BCUT2D eigenvalue weighted by Crippen LogP contribution is -2.57. The average Bonchev–Trinajstić information content (AvgIpc) is 3.41. The van der Waals surface area contributed by atoms with Crippen molar-refractivity contribution in [3.8, 4) is 11.8 Å². The van der Waals surface area contributed by atoms with Gasteiger partial charge < -0.3 is 30.5 Å². The maximum atomic E-state index is 13.5. The highest BCUT2D eigenvalue weighted by Crippen LogP contribution is 2.31. The van der Waals surface area contributed by atoms with Crippen LogP contribution >= 0.6 is 0 Å². The van der Waals surface area contributed by atoms with Crippen molar-refractivity contribution in [3.63, 3.8) is 0 Å². The standard InChI is InChI=1S/C26H32N4O7/c1-26(15-37-26)22(31)20(13-16-5-3-4-6-16)28-24(33)21(14-17-7-9-18(36-2)10-8-17)29-23(32)19(11-12-27)30-25(34)35/h5,7-10,19-21,30H,3-4,6,11,13-15H2,1-2H3,(H,28,33)(H,29,32)(H,34,35)/t19-,20-,21-,26-/m0/s1. The quantitative estimate of drug-likeness (QED) is 0.228. The third kappa shape index (κ3) is 7.79. The molecular weight excluding hydrogens is 480 g/mol. The predicted octanol–water partition coefficient (Wildman–Crippen LogP) is 1.62. The van der Waals surface area contributed by atoms with Crippen LogP contribution in [0.1, 0.15) is 44.6 Å². The van der Waals surface area contributed by atoms with Crippen LogP contribution in [-0.4, -0.2) is 66.2 Å². The van der Waals surface area contributed by atoms with Crippen molar-refractivity contribution in [2.75, 3.05) is 13.7 Å². The number of methoxy groups -OCH3 is 1. The summed E-state index contributed by atoms with van der Waals surface area (Å²) >= 11 is 0. The van der Waals surface area contributed by atoms with Crippen LogP contribution in [0.2, 0.25) is 0 Å². The fraction of sp³-hybridized carbons (Fsp3) is 0.500. The molecule has 0 spiro atoms. The maximum absolute atomic E-state index is 13.5. The molecule has 37 heavy (non-hydrogen) atoms. The molecule has 0 radical (unpaired) electrons. The molecule has 1 aliphatic heterocycles. The number of amides is 3. The van der Waals surface area contributed by atoms with Gasteiger partial charge >= 0.3 is 6.09 Å². The molecule has 0 bridgehead atoms. The first-order chi connectivity index (χ1) is 17.6. The Hall–Kier alpha value is -3.91. The van der Waals surface area contributed by atoms with E-state index in [2.05, 4.69) is 16.7 Å². The van der Waals surface area contributed by atoms with Crippen molar-refractivity contribution < 1.29 is 33.8 Å². The number of carbonyl (C=O) groups is 4. The molecule has 1 aromatic rings. The molecule has 1 saturated heterocycles. The fourth-order valence-corrected chi connectivity index (χ4v) is 4.21. The van der Waals surface area contributed by atoms with E-state index in [1.54, 1.807) is 37.3 Å². The zero-order chi connectivity index (χ0) is 27.0. The predicted molar refractivity (Wildman–Crippen MR) is 132 cm³/mol. The summed E-state index contributed by atoms with van der Waals surface area (Å²) in [6.07, 6.45) is 3.36. The van der Waals surface area contributed by atoms with Gasteiger partial charge in [-0.1, -0.05) is 23.8 Å². The van der Waals surface area contributed by atoms with Gasteiger partial charge in [0.2, 0.25) is 11.8 Å². The number of ketones is 1. The Kier molecular flexibility index (Phi) is 9.25. The molecule has 0 unspecified atom stereocenters. The second kappa shape index (κ2) is 12.4. The number of hydrogen-bond donors (Lipinski definition) is 4. The summed E-state index contributed by atoms with van der Waals surface area (Å²) in [5.41, 5.74) is 0.830.